The van der Waals surface area contributed by atoms with E-state index in [9.17, 15) is 13.2 Å². The van der Waals surface area contributed by atoms with Crippen LogP contribution in [0.1, 0.15) is 36.1 Å². The van der Waals surface area contributed by atoms with E-state index in [1.165, 1.54) is 8.87 Å². The van der Waals surface area contributed by atoms with Crippen molar-refractivity contribution in [2.45, 2.75) is 37.6 Å². The van der Waals surface area contributed by atoms with Gasteiger partial charge in [-0.2, -0.15) is 9.40 Å². The van der Waals surface area contributed by atoms with Crippen molar-refractivity contribution in [3.8, 4) is 0 Å². The lowest BCUT2D eigenvalue weighted by Crippen LogP contribution is -2.35. The lowest BCUT2D eigenvalue weighted by molar-refractivity contribution is 0.373. The Kier molecular flexibility index (Phi) is 4.15. The van der Waals surface area contributed by atoms with Crippen LogP contribution < -0.4 is 5.56 Å². The molecule has 1 N–H and O–H groups in total. The van der Waals surface area contributed by atoms with Crippen LogP contribution in [0.25, 0.3) is 10.9 Å². The highest BCUT2D eigenvalue weighted by Gasteiger charge is 2.40. The van der Waals surface area contributed by atoms with Crippen LogP contribution in [-0.4, -0.2) is 39.0 Å². The number of nitrogens with zero attached hydrogens (tertiary/aromatic N) is 4. The summed E-state index contributed by atoms with van der Waals surface area (Å²) in [6.07, 6.45) is 1.33. The normalized spacial score (nSPS) is 18.4. The maximum atomic E-state index is 13.3. The molecule has 0 bridgehead atoms. The van der Waals surface area contributed by atoms with Gasteiger partial charge in [0.15, 0.2) is 0 Å². The monoisotopic (exact) mass is 387 g/mol. The number of fused-ring (bicyclic) bond motifs is 1. The largest absolute Gasteiger partial charge is 0.298 e. The van der Waals surface area contributed by atoms with Crippen LogP contribution in [0.4, 0.5) is 0 Å². The molecule has 1 atom stereocenters. The summed E-state index contributed by atoms with van der Waals surface area (Å²) < 4.78 is 29.6. The minimum Gasteiger partial charge on any atom is -0.298 e. The second-order valence-electron chi connectivity index (χ2n) is 6.89. The first kappa shape index (κ1) is 17.9. The topological polar surface area (TPSA) is 101 Å². The average Bonchev–Trinajstić information content (AvgIpc) is 3.25. The van der Waals surface area contributed by atoms with Crippen molar-refractivity contribution in [1.29, 1.82) is 0 Å². The molecule has 0 amide bonds. The van der Waals surface area contributed by atoms with Crippen LogP contribution in [-0.2, 0) is 17.1 Å². The molecule has 1 fully saturated rings. The van der Waals surface area contributed by atoms with Crippen LogP contribution in [0.2, 0.25) is 0 Å². The van der Waals surface area contributed by atoms with Crippen LogP contribution >= 0.6 is 0 Å². The van der Waals surface area contributed by atoms with Crippen molar-refractivity contribution in [1.82, 2.24) is 24.1 Å². The predicted molar refractivity (Wildman–Crippen MR) is 101 cm³/mol. The number of hydrogen-bond acceptors (Lipinski definition) is 5. The summed E-state index contributed by atoms with van der Waals surface area (Å²) in [5, 5.41) is 7.29. The lowest BCUT2D eigenvalue weighted by Gasteiger charge is -2.25. The third-order valence-electron chi connectivity index (χ3n) is 5.15. The van der Waals surface area contributed by atoms with Gasteiger partial charge in [0.25, 0.3) is 5.56 Å². The second-order valence-corrected chi connectivity index (χ2v) is 8.72. The fourth-order valence-electron chi connectivity index (χ4n) is 3.86. The molecule has 0 aliphatic carbocycles. The third kappa shape index (κ3) is 2.69. The molecule has 2 aromatic heterocycles. The molecule has 142 valence electrons. The van der Waals surface area contributed by atoms with Crippen LogP contribution in [0.3, 0.4) is 0 Å². The van der Waals surface area contributed by atoms with Gasteiger partial charge in [-0.15, -0.1) is 0 Å². The van der Waals surface area contributed by atoms with Gasteiger partial charge in [-0.05, 0) is 38.8 Å². The van der Waals surface area contributed by atoms with E-state index in [0.29, 0.717) is 47.5 Å². The Labute approximate surface area is 156 Å². The number of H-pyrrole nitrogens is 1. The number of para-hydroxylation sites is 1. The molecule has 0 spiro atoms. The maximum Gasteiger partial charge on any atom is 0.261 e. The number of aromatic nitrogens is 4. The van der Waals surface area contributed by atoms with Gasteiger partial charge < -0.3 is 0 Å². The lowest BCUT2D eigenvalue weighted by atomic mass is 10.2. The van der Waals surface area contributed by atoms with Crippen molar-refractivity contribution in [2.24, 2.45) is 7.05 Å². The zero-order chi connectivity index (χ0) is 19.3. The highest BCUT2D eigenvalue weighted by atomic mass is 32.2. The number of rotatable bonds is 3. The fourth-order valence-corrected chi connectivity index (χ4v) is 5.85. The SMILES string of the molecule is Cc1n[nH]c(C)c1S(=O)(=O)N1CCCC1c1nc2ccccc2c(=O)n1C. The number of aromatic amines is 1. The van der Waals surface area contributed by atoms with Gasteiger partial charge in [-0.1, -0.05) is 12.1 Å². The average molecular weight is 387 g/mol. The summed E-state index contributed by atoms with van der Waals surface area (Å²) in [6, 6.07) is 6.64. The van der Waals surface area contributed by atoms with E-state index in [2.05, 4.69) is 15.2 Å². The Morgan fingerprint density at radius 3 is 2.67 bits per heavy atom. The Morgan fingerprint density at radius 1 is 1.22 bits per heavy atom. The molecular weight excluding hydrogens is 366 g/mol. The molecule has 1 aromatic carbocycles. The van der Waals surface area contributed by atoms with Crippen molar-refractivity contribution >= 4 is 20.9 Å². The summed E-state index contributed by atoms with van der Waals surface area (Å²) in [5.41, 5.74) is 1.36. The third-order valence-corrected chi connectivity index (χ3v) is 7.32. The Hall–Kier alpha value is -2.52. The van der Waals surface area contributed by atoms with E-state index in [4.69, 9.17) is 0 Å². The van der Waals surface area contributed by atoms with E-state index in [-0.39, 0.29) is 10.5 Å². The molecule has 0 radical (unpaired) electrons. The van der Waals surface area contributed by atoms with E-state index < -0.39 is 16.1 Å². The molecular formula is C18H21N5O3S. The van der Waals surface area contributed by atoms with Gasteiger partial charge in [0.2, 0.25) is 10.0 Å². The molecule has 27 heavy (non-hydrogen) atoms. The van der Waals surface area contributed by atoms with Gasteiger partial charge >= 0.3 is 0 Å². The molecule has 0 saturated carbocycles. The number of nitrogens with one attached hydrogen (secondary N) is 1. The maximum absolute atomic E-state index is 13.3. The zero-order valence-electron chi connectivity index (χ0n) is 15.4. The zero-order valence-corrected chi connectivity index (χ0v) is 16.2. The summed E-state index contributed by atoms with van der Waals surface area (Å²) in [4.78, 5) is 17.6. The summed E-state index contributed by atoms with van der Waals surface area (Å²) in [5.74, 6) is 0.471. The summed E-state index contributed by atoms with van der Waals surface area (Å²) in [6.45, 7) is 3.76. The van der Waals surface area contributed by atoms with Crippen molar-refractivity contribution in [2.75, 3.05) is 6.54 Å². The molecule has 1 unspecified atom stereocenters. The second kappa shape index (κ2) is 6.28. The number of benzene rings is 1. The molecule has 4 rings (SSSR count). The first-order valence-electron chi connectivity index (χ1n) is 8.81. The predicted octanol–water partition coefficient (Wildman–Crippen LogP) is 1.80. The van der Waals surface area contributed by atoms with Gasteiger partial charge in [-0.3, -0.25) is 14.5 Å². The van der Waals surface area contributed by atoms with Crippen molar-refractivity contribution in [3.63, 3.8) is 0 Å². The fraction of sp³-hybridized carbons (Fsp3) is 0.389. The van der Waals surface area contributed by atoms with Gasteiger partial charge in [0.05, 0.1) is 28.3 Å². The smallest absolute Gasteiger partial charge is 0.261 e. The minimum absolute atomic E-state index is 0.171. The molecule has 3 aromatic rings. The number of aryl methyl sites for hydroxylation is 2. The van der Waals surface area contributed by atoms with Gasteiger partial charge in [0.1, 0.15) is 10.7 Å². The van der Waals surface area contributed by atoms with Gasteiger partial charge in [0, 0.05) is 13.6 Å². The van der Waals surface area contributed by atoms with E-state index in [1.807, 2.05) is 6.07 Å². The van der Waals surface area contributed by atoms with E-state index in [0.717, 1.165) is 0 Å². The minimum atomic E-state index is -3.75. The molecule has 3 heterocycles. The van der Waals surface area contributed by atoms with Crippen molar-refractivity contribution in [3.05, 3.63) is 51.8 Å². The van der Waals surface area contributed by atoms with Crippen LogP contribution in [0, 0.1) is 13.8 Å². The Balaban J connectivity index is 1.87. The quantitative estimate of drug-likeness (QED) is 0.738. The van der Waals surface area contributed by atoms with Gasteiger partial charge in [-0.25, -0.2) is 13.4 Å². The molecule has 1 saturated heterocycles. The van der Waals surface area contributed by atoms with Crippen LogP contribution in [0.15, 0.2) is 34.0 Å². The van der Waals surface area contributed by atoms with Crippen LogP contribution in [0.5, 0.6) is 0 Å². The van der Waals surface area contributed by atoms with E-state index in [1.54, 1.807) is 39.1 Å². The number of sulfonamides is 1. The molecule has 1 aliphatic rings. The molecule has 1 aliphatic heterocycles. The first-order chi connectivity index (χ1) is 12.8. The van der Waals surface area contributed by atoms with Crippen molar-refractivity contribution < 1.29 is 8.42 Å². The number of hydrogen-bond donors (Lipinski definition) is 1. The van der Waals surface area contributed by atoms with E-state index >= 15 is 0 Å². The first-order valence-corrected chi connectivity index (χ1v) is 10.3. The highest BCUT2D eigenvalue weighted by Crippen LogP contribution is 2.36. The Morgan fingerprint density at radius 2 is 1.96 bits per heavy atom. The standard InChI is InChI=1S/C18H21N5O3S/c1-11-16(12(2)21-20-11)27(25,26)23-10-6-9-15(23)17-19-14-8-5-4-7-13(14)18(24)22(17)3/h4-5,7-8,15H,6,9-10H2,1-3H3,(H,20,21). The molecule has 9 heteroatoms. The summed E-state index contributed by atoms with van der Waals surface area (Å²) >= 11 is 0. The highest BCUT2D eigenvalue weighted by molar-refractivity contribution is 7.89. The molecule has 8 nitrogen and oxygen atoms in total. The Bertz CT molecular complexity index is 1180. The summed E-state index contributed by atoms with van der Waals surface area (Å²) in [7, 11) is -2.11.